The minimum atomic E-state index is -0.682. The SMILES string of the molecule is COc1ccc(C(C)NC(=O)c2ccc(Cl)cc2[N+](=O)[O-])cc1F. The molecule has 0 aromatic heterocycles. The van der Waals surface area contributed by atoms with Crippen molar-refractivity contribution in [2.24, 2.45) is 0 Å². The highest BCUT2D eigenvalue weighted by molar-refractivity contribution is 6.31. The second-order valence-corrected chi connectivity index (χ2v) is 5.44. The van der Waals surface area contributed by atoms with E-state index in [1.807, 2.05) is 0 Å². The van der Waals surface area contributed by atoms with Crippen LogP contribution in [0.15, 0.2) is 36.4 Å². The zero-order valence-corrected chi connectivity index (χ0v) is 13.6. The summed E-state index contributed by atoms with van der Waals surface area (Å²) in [5, 5.41) is 13.8. The second-order valence-electron chi connectivity index (χ2n) is 5.01. The minimum absolute atomic E-state index is 0.0885. The Hall–Kier alpha value is -2.67. The van der Waals surface area contributed by atoms with E-state index in [9.17, 15) is 19.3 Å². The topological polar surface area (TPSA) is 81.5 Å². The van der Waals surface area contributed by atoms with Gasteiger partial charge in [0.15, 0.2) is 11.6 Å². The van der Waals surface area contributed by atoms with Gasteiger partial charge in [0.2, 0.25) is 0 Å². The molecular formula is C16H14ClFN2O4. The Morgan fingerprint density at radius 2 is 2.04 bits per heavy atom. The van der Waals surface area contributed by atoms with Crippen molar-refractivity contribution in [2.45, 2.75) is 13.0 Å². The van der Waals surface area contributed by atoms with Crippen LogP contribution >= 0.6 is 11.6 Å². The number of halogens is 2. The number of nitro groups is 1. The number of carbonyl (C=O) groups excluding carboxylic acids is 1. The Kier molecular flexibility index (Phi) is 5.35. The van der Waals surface area contributed by atoms with Gasteiger partial charge in [0, 0.05) is 11.1 Å². The molecule has 1 N–H and O–H groups in total. The number of amides is 1. The summed E-state index contributed by atoms with van der Waals surface area (Å²) in [4.78, 5) is 22.7. The van der Waals surface area contributed by atoms with Crippen molar-refractivity contribution >= 4 is 23.2 Å². The molecule has 24 heavy (non-hydrogen) atoms. The summed E-state index contributed by atoms with van der Waals surface area (Å²) in [5.74, 6) is -1.12. The van der Waals surface area contributed by atoms with Crippen molar-refractivity contribution in [3.8, 4) is 5.75 Å². The molecule has 0 saturated carbocycles. The third-order valence-corrected chi connectivity index (χ3v) is 3.66. The number of nitrogens with zero attached hydrogens (tertiary/aromatic N) is 1. The van der Waals surface area contributed by atoms with Crippen LogP contribution in [-0.4, -0.2) is 17.9 Å². The molecule has 1 atom stereocenters. The molecule has 0 fully saturated rings. The Labute approximate surface area is 142 Å². The van der Waals surface area contributed by atoms with Crippen LogP contribution in [0.3, 0.4) is 0 Å². The van der Waals surface area contributed by atoms with Crippen molar-refractivity contribution in [2.75, 3.05) is 7.11 Å². The minimum Gasteiger partial charge on any atom is -0.494 e. The maximum Gasteiger partial charge on any atom is 0.283 e. The Balaban J connectivity index is 2.23. The lowest BCUT2D eigenvalue weighted by Crippen LogP contribution is -2.27. The molecule has 0 aliphatic rings. The molecule has 0 saturated heterocycles. The van der Waals surface area contributed by atoms with Gasteiger partial charge in [0.25, 0.3) is 11.6 Å². The maximum absolute atomic E-state index is 13.7. The van der Waals surface area contributed by atoms with Gasteiger partial charge >= 0.3 is 0 Å². The Morgan fingerprint density at radius 3 is 2.62 bits per heavy atom. The van der Waals surface area contributed by atoms with E-state index >= 15 is 0 Å². The highest BCUT2D eigenvalue weighted by Crippen LogP contribution is 2.25. The molecule has 0 aliphatic carbocycles. The fourth-order valence-corrected chi connectivity index (χ4v) is 2.32. The summed E-state index contributed by atoms with van der Waals surface area (Å²) in [6.45, 7) is 1.64. The van der Waals surface area contributed by atoms with Crippen LogP contribution in [-0.2, 0) is 0 Å². The molecule has 0 heterocycles. The highest BCUT2D eigenvalue weighted by Gasteiger charge is 2.22. The van der Waals surface area contributed by atoms with Gasteiger partial charge in [-0.1, -0.05) is 17.7 Å². The zero-order chi connectivity index (χ0) is 17.9. The number of rotatable bonds is 5. The van der Waals surface area contributed by atoms with Crippen LogP contribution in [0.25, 0.3) is 0 Å². The van der Waals surface area contributed by atoms with E-state index in [2.05, 4.69) is 5.32 Å². The van der Waals surface area contributed by atoms with Crippen molar-refractivity contribution in [3.05, 3.63) is 68.5 Å². The van der Waals surface area contributed by atoms with E-state index in [4.69, 9.17) is 16.3 Å². The molecule has 8 heteroatoms. The van der Waals surface area contributed by atoms with E-state index in [-0.39, 0.29) is 16.3 Å². The lowest BCUT2D eigenvalue weighted by Gasteiger charge is -2.15. The molecule has 2 aromatic rings. The molecule has 1 amide bonds. The standard InChI is InChI=1S/C16H14ClFN2O4/c1-9(10-3-6-15(24-2)13(18)7-10)19-16(21)12-5-4-11(17)8-14(12)20(22)23/h3-9H,1-2H3,(H,19,21). The van der Waals surface area contributed by atoms with Crippen LogP contribution in [0.2, 0.25) is 5.02 Å². The fraction of sp³-hybridized carbons (Fsp3) is 0.188. The van der Waals surface area contributed by atoms with Gasteiger partial charge in [-0.15, -0.1) is 0 Å². The van der Waals surface area contributed by atoms with E-state index in [0.29, 0.717) is 5.56 Å². The molecule has 0 radical (unpaired) electrons. The fourth-order valence-electron chi connectivity index (χ4n) is 2.16. The molecule has 126 valence electrons. The maximum atomic E-state index is 13.7. The van der Waals surface area contributed by atoms with Crippen molar-refractivity contribution < 1.29 is 18.8 Å². The van der Waals surface area contributed by atoms with Gasteiger partial charge in [-0.25, -0.2) is 4.39 Å². The number of hydrogen-bond donors (Lipinski definition) is 1. The summed E-state index contributed by atoms with van der Waals surface area (Å²) in [7, 11) is 1.35. The first-order chi connectivity index (χ1) is 11.3. The van der Waals surface area contributed by atoms with Crippen LogP contribution in [0.5, 0.6) is 5.75 Å². The van der Waals surface area contributed by atoms with Gasteiger partial charge in [0.1, 0.15) is 5.56 Å². The van der Waals surface area contributed by atoms with Crippen molar-refractivity contribution in [3.63, 3.8) is 0 Å². The molecule has 0 aliphatic heterocycles. The summed E-state index contributed by atoms with van der Waals surface area (Å²) in [6, 6.07) is 7.49. The molecule has 2 rings (SSSR count). The number of methoxy groups -OCH3 is 1. The summed E-state index contributed by atoms with van der Waals surface area (Å²) < 4.78 is 18.6. The number of carbonyl (C=O) groups is 1. The molecule has 1 unspecified atom stereocenters. The van der Waals surface area contributed by atoms with E-state index < -0.39 is 28.4 Å². The lowest BCUT2D eigenvalue weighted by molar-refractivity contribution is -0.385. The van der Waals surface area contributed by atoms with Gasteiger partial charge in [0.05, 0.1) is 18.1 Å². The predicted molar refractivity (Wildman–Crippen MR) is 86.9 cm³/mol. The normalized spacial score (nSPS) is 11.7. The number of nitro benzene ring substituents is 1. The average molecular weight is 353 g/mol. The van der Waals surface area contributed by atoms with Gasteiger partial charge in [-0.2, -0.15) is 0 Å². The first kappa shape index (κ1) is 17.7. The van der Waals surface area contributed by atoms with E-state index in [0.717, 1.165) is 6.07 Å². The largest absolute Gasteiger partial charge is 0.494 e. The first-order valence-corrected chi connectivity index (χ1v) is 7.29. The van der Waals surface area contributed by atoms with Crippen molar-refractivity contribution in [1.29, 1.82) is 0 Å². The lowest BCUT2D eigenvalue weighted by atomic mass is 10.1. The third-order valence-electron chi connectivity index (χ3n) is 3.42. The second kappa shape index (κ2) is 7.27. The van der Waals surface area contributed by atoms with Gasteiger partial charge in [-0.3, -0.25) is 14.9 Å². The number of hydrogen-bond acceptors (Lipinski definition) is 4. The summed E-state index contributed by atoms with van der Waals surface area (Å²) >= 11 is 5.72. The predicted octanol–water partition coefficient (Wildman–Crippen LogP) is 3.89. The number of ether oxygens (including phenoxy) is 1. The Bertz CT molecular complexity index is 798. The Morgan fingerprint density at radius 1 is 1.33 bits per heavy atom. The van der Waals surface area contributed by atoms with Crippen LogP contribution in [0, 0.1) is 15.9 Å². The van der Waals surface area contributed by atoms with Crippen molar-refractivity contribution in [1.82, 2.24) is 5.32 Å². The number of benzene rings is 2. The van der Waals surface area contributed by atoms with Gasteiger partial charge < -0.3 is 10.1 Å². The van der Waals surface area contributed by atoms with Crippen LogP contribution < -0.4 is 10.1 Å². The summed E-state index contributed by atoms with van der Waals surface area (Å²) in [6.07, 6.45) is 0. The molecular weight excluding hydrogens is 339 g/mol. The molecule has 0 spiro atoms. The third kappa shape index (κ3) is 3.80. The molecule has 2 aromatic carbocycles. The highest BCUT2D eigenvalue weighted by atomic mass is 35.5. The smallest absolute Gasteiger partial charge is 0.283 e. The summed E-state index contributed by atoms with van der Waals surface area (Å²) in [5.41, 5.74) is -0.0170. The first-order valence-electron chi connectivity index (χ1n) is 6.91. The monoisotopic (exact) mass is 352 g/mol. The quantitative estimate of drug-likeness (QED) is 0.653. The zero-order valence-electron chi connectivity index (χ0n) is 12.9. The van der Waals surface area contributed by atoms with Crippen LogP contribution in [0.4, 0.5) is 10.1 Å². The number of nitrogens with one attached hydrogen (secondary N) is 1. The average Bonchev–Trinajstić information content (AvgIpc) is 2.54. The van der Waals surface area contributed by atoms with E-state index in [1.54, 1.807) is 13.0 Å². The molecule has 0 bridgehead atoms. The van der Waals surface area contributed by atoms with Gasteiger partial charge in [-0.05, 0) is 36.8 Å². The molecule has 6 nitrogen and oxygen atoms in total. The van der Waals surface area contributed by atoms with Crippen LogP contribution in [0.1, 0.15) is 28.9 Å². The van der Waals surface area contributed by atoms with E-state index in [1.165, 1.54) is 31.4 Å².